The standard InChI is InChI=1S/C62H40N2/c1-3-15-47(16-4-1)63-57-25-13-11-19-49(57)51-37-35-45(39-59(51)63)41-27-31-43(32-28-41)61-53-21-7-9-23-55(53)62(56-24-10-8-22-54(56)61)44-33-29-42(30-34-44)46-36-38-52-50-20-12-14-26-58(50)64(60(52)40-46)48-17-5-2-6-18-48/h1-40H. The summed E-state index contributed by atoms with van der Waals surface area (Å²) in [5, 5.41) is 10.1. The Hall–Kier alpha value is -8.46. The van der Waals surface area contributed by atoms with Gasteiger partial charge in [-0.3, -0.25) is 0 Å². The molecule has 64 heavy (non-hydrogen) atoms. The normalized spacial score (nSPS) is 11.8. The highest BCUT2D eigenvalue weighted by molar-refractivity contribution is 6.21. The van der Waals surface area contributed by atoms with E-state index in [9.17, 15) is 0 Å². The van der Waals surface area contributed by atoms with Crippen LogP contribution in [-0.2, 0) is 0 Å². The number of benzene rings is 11. The summed E-state index contributed by atoms with van der Waals surface area (Å²) < 4.78 is 4.78. The van der Waals surface area contributed by atoms with Crippen LogP contribution in [0.15, 0.2) is 243 Å². The number of rotatable bonds is 6. The highest BCUT2D eigenvalue weighted by atomic mass is 15.0. The second-order valence-corrected chi connectivity index (χ2v) is 16.8. The molecule has 2 nitrogen and oxygen atoms in total. The fourth-order valence-electron chi connectivity index (χ4n) is 10.4. The fraction of sp³-hybridized carbons (Fsp3) is 0. The third kappa shape index (κ3) is 5.66. The minimum atomic E-state index is 1.17. The molecule has 2 heteroatoms. The molecular formula is C62H40N2. The molecule has 0 atom stereocenters. The maximum absolute atomic E-state index is 2.39. The fourth-order valence-corrected chi connectivity index (χ4v) is 10.4. The van der Waals surface area contributed by atoms with Crippen LogP contribution in [0.1, 0.15) is 0 Å². The van der Waals surface area contributed by atoms with Crippen LogP contribution in [0.5, 0.6) is 0 Å². The molecular weight excluding hydrogens is 773 g/mol. The lowest BCUT2D eigenvalue weighted by Crippen LogP contribution is -1.93. The predicted octanol–water partition coefficient (Wildman–Crippen LogP) is 16.9. The van der Waals surface area contributed by atoms with Gasteiger partial charge in [-0.05, 0) is 115 Å². The lowest BCUT2D eigenvalue weighted by atomic mass is 9.85. The van der Waals surface area contributed by atoms with Gasteiger partial charge in [-0.15, -0.1) is 0 Å². The van der Waals surface area contributed by atoms with Gasteiger partial charge in [0.1, 0.15) is 0 Å². The first-order valence-electron chi connectivity index (χ1n) is 22.1. The Morgan fingerprint density at radius 1 is 0.188 bits per heavy atom. The van der Waals surface area contributed by atoms with Gasteiger partial charge in [-0.25, -0.2) is 0 Å². The number of para-hydroxylation sites is 4. The third-order valence-corrected chi connectivity index (χ3v) is 13.3. The molecule has 0 saturated carbocycles. The molecule has 0 N–H and O–H groups in total. The van der Waals surface area contributed by atoms with Crippen LogP contribution < -0.4 is 0 Å². The van der Waals surface area contributed by atoms with Gasteiger partial charge in [0.2, 0.25) is 0 Å². The molecule has 0 saturated heterocycles. The number of nitrogens with zero attached hydrogens (tertiary/aromatic N) is 2. The van der Waals surface area contributed by atoms with Crippen molar-refractivity contribution in [3.63, 3.8) is 0 Å². The third-order valence-electron chi connectivity index (χ3n) is 13.3. The summed E-state index contributed by atoms with van der Waals surface area (Å²) in [5.41, 5.74) is 16.9. The summed E-state index contributed by atoms with van der Waals surface area (Å²) in [5.74, 6) is 0. The van der Waals surface area contributed by atoms with Crippen molar-refractivity contribution in [1.82, 2.24) is 9.13 Å². The highest BCUT2D eigenvalue weighted by Crippen LogP contribution is 2.45. The molecule has 13 aromatic rings. The van der Waals surface area contributed by atoms with Gasteiger partial charge in [0, 0.05) is 32.9 Å². The van der Waals surface area contributed by atoms with Crippen LogP contribution in [0.25, 0.3) is 121 Å². The van der Waals surface area contributed by atoms with E-state index in [0.29, 0.717) is 0 Å². The van der Waals surface area contributed by atoms with Crippen LogP contribution in [0.3, 0.4) is 0 Å². The van der Waals surface area contributed by atoms with E-state index >= 15 is 0 Å². The minimum Gasteiger partial charge on any atom is -0.309 e. The maximum atomic E-state index is 2.39. The number of hydrogen-bond acceptors (Lipinski definition) is 0. The molecule has 0 amide bonds. The number of aromatic nitrogens is 2. The number of hydrogen-bond donors (Lipinski definition) is 0. The van der Waals surface area contributed by atoms with Gasteiger partial charge < -0.3 is 9.13 Å². The molecule has 0 spiro atoms. The quantitative estimate of drug-likeness (QED) is 0.148. The Morgan fingerprint density at radius 2 is 0.469 bits per heavy atom. The summed E-state index contributed by atoms with van der Waals surface area (Å²) in [6, 6.07) is 88.9. The van der Waals surface area contributed by atoms with E-state index in [4.69, 9.17) is 0 Å². The smallest absolute Gasteiger partial charge is 0.0547 e. The lowest BCUT2D eigenvalue weighted by Gasteiger charge is -2.18. The maximum Gasteiger partial charge on any atom is 0.0547 e. The molecule has 0 bridgehead atoms. The highest BCUT2D eigenvalue weighted by Gasteiger charge is 2.19. The first-order valence-corrected chi connectivity index (χ1v) is 22.1. The molecule has 2 aromatic heterocycles. The summed E-state index contributed by atoms with van der Waals surface area (Å²) in [4.78, 5) is 0. The van der Waals surface area contributed by atoms with Crippen LogP contribution in [0.2, 0.25) is 0 Å². The monoisotopic (exact) mass is 812 g/mol. The van der Waals surface area contributed by atoms with E-state index in [1.807, 2.05) is 0 Å². The Bertz CT molecular complexity index is 3590. The zero-order valence-corrected chi connectivity index (χ0v) is 35.0. The zero-order chi connectivity index (χ0) is 42.1. The molecule has 0 aliphatic carbocycles. The van der Waals surface area contributed by atoms with Crippen molar-refractivity contribution in [2.24, 2.45) is 0 Å². The van der Waals surface area contributed by atoms with E-state index in [1.54, 1.807) is 0 Å². The van der Waals surface area contributed by atoms with Crippen molar-refractivity contribution in [2.45, 2.75) is 0 Å². The van der Waals surface area contributed by atoms with Gasteiger partial charge in [0.25, 0.3) is 0 Å². The van der Waals surface area contributed by atoms with Crippen LogP contribution >= 0.6 is 0 Å². The van der Waals surface area contributed by atoms with E-state index in [2.05, 4.69) is 252 Å². The Kier molecular flexibility index (Phi) is 8.25. The van der Waals surface area contributed by atoms with Gasteiger partial charge >= 0.3 is 0 Å². The van der Waals surface area contributed by atoms with Crippen molar-refractivity contribution in [3.8, 4) is 55.9 Å². The SMILES string of the molecule is c1ccc(-n2c3ccccc3c3ccc(-c4ccc(-c5c6ccccc6c(-c6ccc(-c7ccc8c9ccccc9n(-c9ccccc9)c8c7)cc6)c6ccccc56)cc4)cc32)cc1. The molecule has 298 valence electrons. The van der Waals surface area contributed by atoms with Crippen molar-refractivity contribution in [2.75, 3.05) is 0 Å². The largest absolute Gasteiger partial charge is 0.309 e. The number of fused-ring (bicyclic) bond motifs is 8. The van der Waals surface area contributed by atoms with Crippen molar-refractivity contribution in [1.29, 1.82) is 0 Å². The van der Waals surface area contributed by atoms with E-state index in [-0.39, 0.29) is 0 Å². The topological polar surface area (TPSA) is 9.86 Å². The molecule has 2 heterocycles. The molecule has 13 rings (SSSR count). The first-order chi connectivity index (χ1) is 31.8. The van der Waals surface area contributed by atoms with E-state index < -0.39 is 0 Å². The van der Waals surface area contributed by atoms with E-state index in [0.717, 1.165) is 0 Å². The summed E-state index contributed by atoms with van der Waals surface area (Å²) >= 11 is 0. The molecule has 0 aliphatic heterocycles. The average Bonchev–Trinajstić information content (AvgIpc) is 3.88. The van der Waals surface area contributed by atoms with Gasteiger partial charge in [-0.1, -0.05) is 194 Å². The minimum absolute atomic E-state index is 1.17. The molecule has 0 radical (unpaired) electrons. The Labute approximate surface area is 371 Å². The Balaban J connectivity index is 0.899. The Morgan fingerprint density at radius 3 is 0.844 bits per heavy atom. The second kappa shape index (κ2) is 14.6. The summed E-state index contributed by atoms with van der Waals surface area (Å²) in [7, 11) is 0. The molecule has 11 aromatic carbocycles. The van der Waals surface area contributed by atoms with Crippen LogP contribution in [-0.4, -0.2) is 9.13 Å². The average molecular weight is 813 g/mol. The van der Waals surface area contributed by atoms with Gasteiger partial charge in [0.15, 0.2) is 0 Å². The predicted molar refractivity (Wildman–Crippen MR) is 272 cm³/mol. The van der Waals surface area contributed by atoms with E-state index in [1.165, 1.54) is 121 Å². The second-order valence-electron chi connectivity index (χ2n) is 16.8. The molecule has 0 fully saturated rings. The first kappa shape index (κ1) is 36.2. The van der Waals surface area contributed by atoms with Crippen molar-refractivity contribution >= 4 is 65.2 Å². The van der Waals surface area contributed by atoms with Crippen LogP contribution in [0.4, 0.5) is 0 Å². The zero-order valence-electron chi connectivity index (χ0n) is 35.0. The van der Waals surface area contributed by atoms with Crippen LogP contribution in [0, 0.1) is 0 Å². The van der Waals surface area contributed by atoms with Crippen molar-refractivity contribution in [3.05, 3.63) is 243 Å². The van der Waals surface area contributed by atoms with Gasteiger partial charge in [0.05, 0.1) is 22.1 Å². The lowest BCUT2D eigenvalue weighted by molar-refractivity contribution is 1.18. The van der Waals surface area contributed by atoms with Crippen molar-refractivity contribution < 1.29 is 0 Å². The van der Waals surface area contributed by atoms with Gasteiger partial charge in [-0.2, -0.15) is 0 Å². The summed E-state index contributed by atoms with van der Waals surface area (Å²) in [6.45, 7) is 0. The summed E-state index contributed by atoms with van der Waals surface area (Å²) in [6.07, 6.45) is 0. The molecule has 0 unspecified atom stereocenters. The molecule has 0 aliphatic rings.